The van der Waals surface area contributed by atoms with Crippen LogP contribution in [0.2, 0.25) is 0 Å². The molecule has 3 rings (SSSR count). The lowest BCUT2D eigenvalue weighted by molar-refractivity contribution is -0.0305. The van der Waals surface area contributed by atoms with Crippen LogP contribution >= 0.6 is 0 Å². The van der Waals surface area contributed by atoms with E-state index >= 15 is 0 Å². The highest BCUT2D eigenvalue weighted by Gasteiger charge is 2.20. The molecular formula is C18H22N2O2. The first-order chi connectivity index (χ1) is 10.8. The van der Waals surface area contributed by atoms with Gasteiger partial charge in [-0.3, -0.25) is 9.88 Å². The Hall–Kier alpha value is -1.91. The minimum absolute atomic E-state index is 0.254. The van der Waals surface area contributed by atoms with Gasteiger partial charge in [0.05, 0.1) is 19.8 Å². The number of rotatable bonds is 5. The zero-order valence-corrected chi connectivity index (χ0v) is 12.9. The number of hydrogen-bond donors (Lipinski definition) is 0. The first kappa shape index (κ1) is 15.0. The molecule has 0 saturated carbocycles. The molecule has 22 heavy (non-hydrogen) atoms. The molecular weight excluding hydrogens is 276 g/mol. The van der Waals surface area contributed by atoms with E-state index in [-0.39, 0.29) is 6.10 Å². The fraction of sp³-hybridized carbons (Fsp3) is 0.389. The molecule has 1 aromatic heterocycles. The quantitative estimate of drug-likeness (QED) is 0.849. The van der Waals surface area contributed by atoms with Crippen molar-refractivity contribution < 1.29 is 9.47 Å². The highest BCUT2D eigenvalue weighted by molar-refractivity contribution is 5.27. The Morgan fingerprint density at radius 3 is 2.64 bits per heavy atom. The van der Waals surface area contributed by atoms with Gasteiger partial charge in [0.25, 0.3) is 0 Å². The third-order valence-corrected chi connectivity index (χ3v) is 4.00. The van der Waals surface area contributed by atoms with E-state index in [0.29, 0.717) is 0 Å². The third-order valence-electron chi connectivity index (χ3n) is 4.00. The van der Waals surface area contributed by atoms with Crippen molar-refractivity contribution in [1.82, 2.24) is 9.88 Å². The van der Waals surface area contributed by atoms with Gasteiger partial charge >= 0.3 is 0 Å². The molecule has 1 atom stereocenters. The van der Waals surface area contributed by atoms with E-state index in [1.54, 1.807) is 7.11 Å². The summed E-state index contributed by atoms with van der Waals surface area (Å²) in [4.78, 5) is 6.52. The van der Waals surface area contributed by atoms with E-state index in [4.69, 9.17) is 9.47 Å². The van der Waals surface area contributed by atoms with Crippen molar-refractivity contribution in [1.29, 1.82) is 0 Å². The van der Waals surface area contributed by atoms with Crippen LogP contribution in [-0.4, -0.2) is 42.8 Å². The van der Waals surface area contributed by atoms with Crippen molar-refractivity contribution in [2.24, 2.45) is 0 Å². The number of methoxy groups -OCH3 is 1. The molecule has 0 amide bonds. The van der Waals surface area contributed by atoms with Gasteiger partial charge < -0.3 is 9.47 Å². The van der Waals surface area contributed by atoms with Crippen molar-refractivity contribution in [3.8, 4) is 5.75 Å². The Morgan fingerprint density at radius 1 is 1.14 bits per heavy atom. The molecule has 0 aliphatic carbocycles. The van der Waals surface area contributed by atoms with Gasteiger partial charge in [-0.2, -0.15) is 0 Å². The summed E-state index contributed by atoms with van der Waals surface area (Å²) in [5.74, 6) is 0.896. The maximum absolute atomic E-state index is 5.92. The van der Waals surface area contributed by atoms with Gasteiger partial charge in [0.1, 0.15) is 5.75 Å². The lowest BCUT2D eigenvalue weighted by Gasteiger charge is -2.33. The van der Waals surface area contributed by atoms with Crippen LogP contribution in [0, 0.1) is 0 Å². The second-order valence-corrected chi connectivity index (χ2v) is 5.64. The second-order valence-electron chi connectivity index (χ2n) is 5.64. The molecule has 1 fully saturated rings. The molecule has 0 N–H and O–H groups in total. The van der Waals surface area contributed by atoms with E-state index in [0.717, 1.165) is 38.4 Å². The van der Waals surface area contributed by atoms with Crippen LogP contribution in [0.5, 0.6) is 5.75 Å². The third kappa shape index (κ3) is 4.06. The molecule has 0 spiro atoms. The monoisotopic (exact) mass is 298 g/mol. The fourth-order valence-electron chi connectivity index (χ4n) is 2.82. The number of benzene rings is 1. The first-order valence-corrected chi connectivity index (χ1v) is 7.69. The van der Waals surface area contributed by atoms with Crippen molar-refractivity contribution in [3.63, 3.8) is 0 Å². The second kappa shape index (κ2) is 7.38. The summed E-state index contributed by atoms with van der Waals surface area (Å²) in [6.07, 6.45) is 4.90. The van der Waals surface area contributed by atoms with E-state index in [9.17, 15) is 0 Å². The summed E-state index contributed by atoms with van der Waals surface area (Å²) in [6.45, 7) is 3.71. The van der Waals surface area contributed by atoms with Crippen molar-refractivity contribution in [3.05, 3.63) is 59.9 Å². The minimum atomic E-state index is 0.254. The Bertz CT molecular complexity index is 571. The maximum Gasteiger partial charge on any atom is 0.118 e. The number of hydrogen-bond acceptors (Lipinski definition) is 4. The summed E-state index contributed by atoms with van der Waals surface area (Å²) in [7, 11) is 1.69. The Morgan fingerprint density at radius 2 is 1.91 bits per heavy atom. The Labute approximate surface area is 131 Å². The minimum Gasteiger partial charge on any atom is -0.497 e. The topological polar surface area (TPSA) is 34.6 Å². The van der Waals surface area contributed by atoms with E-state index in [2.05, 4.69) is 34.1 Å². The van der Waals surface area contributed by atoms with Crippen LogP contribution in [-0.2, 0) is 17.7 Å². The maximum atomic E-state index is 5.92. The number of ether oxygens (including phenoxy) is 2. The fourth-order valence-corrected chi connectivity index (χ4v) is 2.82. The van der Waals surface area contributed by atoms with Crippen LogP contribution in [0.25, 0.3) is 0 Å². The average Bonchev–Trinajstić information content (AvgIpc) is 2.57. The van der Waals surface area contributed by atoms with Gasteiger partial charge in [0.2, 0.25) is 0 Å². The predicted octanol–water partition coefficient (Wildman–Crippen LogP) is 2.53. The number of aromatic nitrogens is 1. The van der Waals surface area contributed by atoms with Gasteiger partial charge in [-0.05, 0) is 41.8 Å². The van der Waals surface area contributed by atoms with E-state index < -0.39 is 0 Å². The highest BCUT2D eigenvalue weighted by atomic mass is 16.5. The predicted molar refractivity (Wildman–Crippen MR) is 86.0 cm³/mol. The smallest absolute Gasteiger partial charge is 0.118 e. The SMILES string of the molecule is COc1ccc(CC2CN(Cc3ccncc3)CCO2)cc1. The van der Waals surface area contributed by atoms with Crippen LogP contribution in [0.3, 0.4) is 0 Å². The van der Waals surface area contributed by atoms with Crippen molar-refractivity contribution in [2.45, 2.75) is 19.1 Å². The molecule has 1 saturated heterocycles. The molecule has 0 radical (unpaired) electrons. The molecule has 4 heteroatoms. The van der Waals surface area contributed by atoms with Gasteiger partial charge in [0.15, 0.2) is 0 Å². The highest BCUT2D eigenvalue weighted by Crippen LogP contribution is 2.17. The number of morpholine rings is 1. The molecule has 0 bridgehead atoms. The van der Waals surface area contributed by atoms with Gasteiger partial charge in [-0.1, -0.05) is 12.1 Å². The standard InChI is InChI=1S/C18H22N2O2/c1-21-17-4-2-15(3-5-17)12-18-14-20(10-11-22-18)13-16-6-8-19-9-7-16/h2-9,18H,10-14H2,1H3. The van der Waals surface area contributed by atoms with Crippen LogP contribution in [0.15, 0.2) is 48.8 Å². The molecule has 1 unspecified atom stereocenters. The average molecular weight is 298 g/mol. The Kier molecular flexibility index (Phi) is 5.03. The van der Waals surface area contributed by atoms with Crippen LogP contribution in [0.4, 0.5) is 0 Å². The molecule has 1 aromatic carbocycles. The lowest BCUT2D eigenvalue weighted by Crippen LogP contribution is -2.42. The normalized spacial score (nSPS) is 19.0. The van der Waals surface area contributed by atoms with Crippen LogP contribution in [0.1, 0.15) is 11.1 Å². The van der Waals surface area contributed by atoms with Crippen molar-refractivity contribution >= 4 is 0 Å². The molecule has 2 aromatic rings. The molecule has 116 valence electrons. The molecule has 1 aliphatic heterocycles. The summed E-state index contributed by atoms with van der Waals surface area (Å²) in [6, 6.07) is 12.4. The van der Waals surface area contributed by atoms with E-state index in [1.807, 2.05) is 24.5 Å². The molecule has 4 nitrogen and oxygen atoms in total. The summed E-state index contributed by atoms with van der Waals surface area (Å²) < 4.78 is 11.1. The Balaban J connectivity index is 1.55. The number of nitrogens with zero attached hydrogens (tertiary/aromatic N) is 2. The zero-order chi connectivity index (χ0) is 15.2. The van der Waals surface area contributed by atoms with E-state index in [1.165, 1.54) is 11.1 Å². The summed E-state index contributed by atoms with van der Waals surface area (Å²) in [5, 5.41) is 0. The molecule has 1 aliphatic rings. The first-order valence-electron chi connectivity index (χ1n) is 7.69. The van der Waals surface area contributed by atoms with Gasteiger partial charge in [-0.25, -0.2) is 0 Å². The van der Waals surface area contributed by atoms with Gasteiger partial charge in [-0.15, -0.1) is 0 Å². The number of pyridine rings is 1. The molecule has 2 heterocycles. The van der Waals surface area contributed by atoms with Crippen molar-refractivity contribution in [2.75, 3.05) is 26.8 Å². The van der Waals surface area contributed by atoms with Gasteiger partial charge in [0, 0.05) is 32.0 Å². The zero-order valence-electron chi connectivity index (χ0n) is 12.9. The summed E-state index contributed by atoms with van der Waals surface area (Å²) >= 11 is 0. The van der Waals surface area contributed by atoms with Crippen LogP contribution < -0.4 is 4.74 Å². The lowest BCUT2D eigenvalue weighted by atomic mass is 10.1. The summed E-state index contributed by atoms with van der Waals surface area (Å²) in [5.41, 5.74) is 2.59. The largest absolute Gasteiger partial charge is 0.497 e.